The number of benzene rings is 1. The first kappa shape index (κ1) is 15.0. The van der Waals surface area contributed by atoms with Gasteiger partial charge in [-0.3, -0.25) is 10.1 Å². The van der Waals surface area contributed by atoms with Crippen molar-refractivity contribution in [2.75, 3.05) is 16.8 Å². The number of hydrogen-bond acceptors (Lipinski definition) is 4. The van der Waals surface area contributed by atoms with E-state index < -0.39 is 11.8 Å². The number of carbonyl (C=O) groups excluding carboxylic acids is 2. The van der Waals surface area contributed by atoms with Crippen molar-refractivity contribution in [2.45, 2.75) is 19.4 Å². The fraction of sp³-hybridized carbons (Fsp3) is 0.267. The van der Waals surface area contributed by atoms with Crippen LogP contribution in [-0.4, -0.2) is 29.7 Å². The summed E-state index contributed by atoms with van der Waals surface area (Å²) in [6.07, 6.45) is 0.155. The maximum Gasteiger partial charge on any atom is 0.320 e. The number of halogens is 1. The molecule has 120 valence electrons. The lowest BCUT2D eigenvalue weighted by molar-refractivity contribution is -0.117. The van der Waals surface area contributed by atoms with E-state index in [-0.39, 0.29) is 24.9 Å². The van der Waals surface area contributed by atoms with Gasteiger partial charge in [-0.15, -0.1) is 0 Å². The summed E-state index contributed by atoms with van der Waals surface area (Å²) in [6, 6.07) is 6.54. The van der Waals surface area contributed by atoms with Crippen molar-refractivity contribution in [2.24, 2.45) is 0 Å². The van der Waals surface area contributed by atoms with Crippen molar-refractivity contribution in [3.63, 3.8) is 0 Å². The fourth-order valence-electron chi connectivity index (χ4n) is 2.46. The first-order chi connectivity index (χ1) is 11.0. The quantitative estimate of drug-likeness (QED) is 0.906. The minimum absolute atomic E-state index is 0.155. The molecule has 0 saturated carbocycles. The molecule has 1 fully saturated rings. The topological polar surface area (TPSA) is 87.5 Å². The summed E-state index contributed by atoms with van der Waals surface area (Å²) in [5, 5.41) is 8.87. The molecule has 0 bridgehead atoms. The van der Waals surface area contributed by atoms with Crippen molar-refractivity contribution in [1.29, 1.82) is 0 Å². The molecule has 0 aliphatic carbocycles. The standard InChI is InChI=1S/C15H15FN4O3/c1-9-5-13(19-23-9)18-15(22)17-11-7-14(21)20(8-11)12-4-2-3-10(16)6-12/h2-6,11H,7-8H2,1H3,(H2,17,18,19,22)/t11-/m0/s1. The van der Waals surface area contributed by atoms with Crippen LogP contribution in [0.2, 0.25) is 0 Å². The fourth-order valence-corrected chi connectivity index (χ4v) is 2.46. The Hall–Kier alpha value is -2.90. The lowest BCUT2D eigenvalue weighted by atomic mass is 10.2. The predicted octanol–water partition coefficient (Wildman–Crippen LogP) is 2.05. The number of nitrogens with zero attached hydrogens (tertiary/aromatic N) is 2. The zero-order chi connectivity index (χ0) is 16.4. The van der Waals surface area contributed by atoms with E-state index in [1.54, 1.807) is 19.1 Å². The van der Waals surface area contributed by atoms with Crippen molar-refractivity contribution >= 4 is 23.4 Å². The van der Waals surface area contributed by atoms with Gasteiger partial charge in [0.05, 0.1) is 6.04 Å². The van der Waals surface area contributed by atoms with E-state index in [0.29, 0.717) is 17.3 Å². The third kappa shape index (κ3) is 3.47. The van der Waals surface area contributed by atoms with Gasteiger partial charge in [-0.1, -0.05) is 11.2 Å². The second-order valence-electron chi connectivity index (χ2n) is 5.31. The molecule has 0 spiro atoms. The molecular weight excluding hydrogens is 303 g/mol. The smallest absolute Gasteiger partial charge is 0.320 e. The van der Waals surface area contributed by atoms with Crippen LogP contribution in [0.4, 0.5) is 20.7 Å². The monoisotopic (exact) mass is 318 g/mol. The number of nitrogens with one attached hydrogen (secondary N) is 2. The van der Waals surface area contributed by atoms with Crippen LogP contribution in [0.1, 0.15) is 12.2 Å². The molecule has 0 radical (unpaired) electrons. The van der Waals surface area contributed by atoms with E-state index in [1.807, 2.05) is 0 Å². The Kier molecular flexibility index (Phi) is 3.96. The molecule has 23 heavy (non-hydrogen) atoms. The molecule has 3 rings (SSSR count). The molecule has 7 nitrogen and oxygen atoms in total. The highest BCUT2D eigenvalue weighted by atomic mass is 19.1. The van der Waals surface area contributed by atoms with Crippen LogP contribution in [0.5, 0.6) is 0 Å². The van der Waals surface area contributed by atoms with E-state index in [1.165, 1.54) is 23.1 Å². The molecule has 1 aliphatic rings. The van der Waals surface area contributed by atoms with Gasteiger partial charge in [0.1, 0.15) is 11.6 Å². The third-order valence-electron chi connectivity index (χ3n) is 3.45. The lowest BCUT2D eigenvalue weighted by Gasteiger charge is -2.17. The van der Waals surface area contributed by atoms with Crippen LogP contribution in [0.25, 0.3) is 0 Å². The summed E-state index contributed by atoms with van der Waals surface area (Å²) in [5.74, 6) is 0.295. The number of rotatable bonds is 3. The second-order valence-corrected chi connectivity index (χ2v) is 5.31. The van der Waals surface area contributed by atoms with Crippen LogP contribution in [0, 0.1) is 12.7 Å². The molecule has 1 atom stereocenters. The molecule has 0 unspecified atom stereocenters. The minimum Gasteiger partial charge on any atom is -0.360 e. The number of carbonyl (C=O) groups is 2. The van der Waals surface area contributed by atoms with Crippen molar-refractivity contribution in [3.05, 3.63) is 41.9 Å². The van der Waals surface area contributed by atoms with Crippen LogP contribution >= 0.6 is 0 Å². The van der Waals surface area contributed by atoms with Gasteiger partial charge in [0.2, 0.25) is 5.91 Å². The predicted molar refractivity (Wildman–Crippen MR) is 80.6 cm³/mol. The summed E-state index contributed by atoms with van der Waals surface area (Å²) >= 11 is 0. The largest absolute Gasteiger partial charge is 0.360 e. The van der Waals surface area contributed by atoms with Gasteiger partial charge in [0.15, 0.2) is 5.82 Å². The van der Waals surface area contributed by atoms with Gasteiger partial charge in [-0.05, 0) is 25.1 Å². The summed E-state index contributed by atoms with van der Waals surface area (Å²) in [6.45, 7) is 2.00. The van der Waals surface area contributed by atoms with Crippen molar-refractivity contribution in [1.82, 2.24) is 10.5 Å². The van der Waals surface area contributed by atoms with Crippen molar-refractivity contribution < 1.29 is 18.5 Å². The number of amides is 3. The molecule has 2 N–H and O–H groups in total. The zero-order valence-electron chi connectivity index (χ0n) is 12.4. The van der Waals surface area contributed by atoms with E-state index >= 15 is 0 Å². The zero-order valence-corrected chi connectivity index (χ0v) is 12.4. The minimum atomic E-state index is -0.475. The molecule has 3 amide bonds. The van der Waals surface area contributed by atoms with Gasteiger partial charge in [-0.2, -0.15) is 0 Å². The molecule has 1 aromatic heterocycles. The molecule has 1 aliphatic heterocycles. The molecule has 1 saturated heterocycles. The van der Waals surface area contributed by atoms with E-state index in [4.69, 9.17) is 4.52 Å². The van der Waals surface area contributed by atoms with Crippen LogP contribution < -0.4 is 15.5 Å². The molecule has 2 aromatic rings. The summed E-state index contributed by atoms with van der Waals surface area (Å²) in [7, 11) is 0. The molecular formula is C15H15FN4O3. The van der Waals surface area contributed by atoms with Gasteiger partial charge < -0.3 is 14.7 Å². The number of aromatic nitrogens is 1. The van der Waals surface area contributed by atoms with Crippen LogP contribution in [-0.2, 0) is 4.79 Å². The Morgan fingerprint density at radius 1 is 1.43 bits per heavy atom. The second kappa shape index (κ2) is 6.07. The summed E-state index contributed by atoms with van der Waals surface area (Å²) in [4.78, 5) is 25.4. The van der Waals surface area contributed by atoms with Gasteiger partial charge in [0, 0.05) is 24.7 Å². The lowest BCUT2D eigenvalue weighted by Crippen LogP contribution is -2.39. The van der Waals surface area contributed by atoms with E-state index in [9.17, 15) is 14.0 Å². The van der Waals surface area contributed by atoms with Gasteiger partial charge in [-0.25, -0.2) is 9.18 Å². The van der Waals surface area contributed by atoms with Gasteiger partial charge in [0.25, 0.3) is 0 Å². The number of hydrogen-bond donors (Lipinski definition) is 2. The normalized spacial score (nSPS) is 17.4. The summed E-state index contributed by atoms with van der Waals surface area (Å²) < 4.78 is 18.1. The number of anilines is 2. The SMILES string of the molecule is Cc1cc(NC(=O)N[C@H]2CC(=O)N(c3cccc(F)c3)C2)no1. The average Bonchev–Trinajstić information content (AvgIpc) is 3.04. The van der Waals surface area contributed by atoms with Gasteiger partial charge >= 0.3 is 6.03 Å². The third-order valence-corrected chi connectivity index (χ3v) is 3.45. The molecule has 8 heteroatoms. The van der Waals surface area contributed by atoms with Crippen LogP contribution in [0.3, 0.4) is 0 Å². The number of aryl methyl sites for hydroxylation is 1. The average molecular weight is 318 g/mol. The summed E-state index contributed by atoms with van der Waals surface area (Å²) in [5.41, 5.74) is 0.479. The highest BCUT2D eigenvalue weighted by Crippen LogP contribution is 2.22. The highest BCUT2D eigenvalue weighted by Gasteiger charge is 2.31. The Labute approximate surface area is 131 Å². The molecule has 1 aromatic carbocycles. The first-order valence-electron chi connectivity index (χ1n) is 7.08. The maximum absolute atomic E-state index is 13.3. The Morgan fingerprint density at radius 2 is 2.26 bits per heavy atom. The molecule has 2 heterocycles. The number of urea groups is 1. The maximum atomic E-state index is 13.3. The van der Waals surface area contributed by atoms with Crippen LogP contribution in [0.15, 0.2) is 34.9 Å². The first-order valence-corrected chi connectivity index (χ1v) is 7.08. The van der Waals surface area contributed by atoms with E-state index in [2.05, 4.69) is 15.8 Å². The van der Waals surface area contributed by atoms with Crippen molar-refractivity contribution in [3.8, 4) is 0 Å². The highest BCUT2D eigenvalue weighted by molar-refractivity contribution is 5.97. The van der Waals surface area contributed by atoms with E-state index in [0.717, 1.165) is 0 Å². The Morgan fingerprint density at radius 3 is 2.96 bits per heavy atom. The Balaban J connectivity index is 1.60. The Bertz CT molecular complexity index is 746.